The molecule has 1 aromatic carbocycles. The van der Waals surface area contributed by atoms with E-state index in [1.807, 2.05) is 62.2 Å². The molecule has 6 aromatic heterocycles. The molecule has 3 amide bonds. The highest BCUT2D eigenvalue weighted by Gasteiger charge is 2.22. The van der Waals surface area contributed by atoms with E-state index in [4.69, 9.17) is 35.6 Å². The molecule has 20 nitrogen and oxygen atoms in total. The number of rotatable bonds is 21. The lowest BCUT2D eigenvalue weighted by molar-refractivity contribution is 0.0377. The summed E-state index contributed by atoms with van der Waals surface area (Å²) in [4.78, 5) is 57.2. The van der Waals surface area contributed by atoms with Crippen molar-refractivity contribution >= 4 is 56.8 Å². The minimum atomic E-state index is -0.654. The second kappa shape index (κ2) is 19.1. The Morgan fingerprint density at radius 3 is 2.16 bits per heavy atom. The van der Waals surface area contributed by atoms with Crippen molar-refractivity contribution in [1.82, 2.24) is 53.9 Å². The molecule has 0 fully saturated rings. The third kappa shape index (κ3) is 9.16. The van der Waals surface area contributed by atoms with Gasteiger partial charge in [-0.1, -0.05) is 12.2 Å². The number of anilines is 1. The molecule has 0 aliphatic heterocycles. The molecule has 20 heteroatoms. The van der Waals surface area contributed by atoms with Gasteiger partial charge in [0.2, 0.25) is 17.8 Å². The number of likely N-dealkylation sites (N-methyl/N-ethyl adjacent to an activating group) is 1. The number of pyridine rings is 1. The van der Waals surface area contributed by atoms with Crippen molar-refractivity contribution in [2.45, 2.75) is 53.9 Å². The van der Waals surface area contributed by atoms with Crippen molar-refractivity contribution in [2.75, 3.05) is 51.9 Å². The average molecular weight is 847 g/mol. The second-order valence-electron chi connectivity index (χ2n) is 14.3. The maximum atomic E-state index is 13.6. The first-order valence-corrected chi connectivity index (χ1v) is 20.3. The summed E-state index contributed by atoms with van der Waals surface area (Å²) < 4.78 is 24.8. The van der Waals surface area contributed by atoms with Crippen LogP contribution in [0.4, 0.5) is 5.95 Å². The molecule has 0 saturated heterocycles. The quantitative estimate of drug-likeness (QED) is 0.0599. The van der Waals surface area contributed by atoms with Crippen LogP contribution in [0.25, 0.3) is 44.6 Å². The number of carbonyl (C=O) groups excluding carboxylic acids is 3. The van der Waals surface area contributed by atoms with Gasteiger partial charge in [0.1, 0.15) is 34.9 Å². The van der Waals surface area contributed by atoms with Crippen LogP contribution in [0, 0.1) is 13.8 Å². The standard InChI is InChI=1S/C42H50N14O6/c1-6-55-32(18-25(3)51-55)38-46-24-30-29-20-27(36(43)57)22-34(62-17-16-61-15-14-60-13-10-45-5)35(29)53(39(30)49-38)11-8-9-12-54-40-31(21-28(23-47-40)37(44)58)48-42(54)50-41(59)33-19-26(4)52-56(33)7-2/h8-9,18-24,45H,6-7,10-17H2,1-5H3,(H2,43,57)(H2,44,58)(H,48,50,59)/b9-8+. The fourth-order valence-electron chi connectivity index (χ4n) is 7.10. The van der Waals surface area contributed by atoms with Crippen molar-refractivity contribution in [3.8, 4) is 17.3 Å². The van der Waals surface area contributed by atoms with E-state index >= 15 is 0 Å². The molecule has 0 aliphatic carbocycles. The number of carbonyl (C=O) groups is 3. The van der Waals surface area contributed by atoms with Gasteiger partial charge in [-0.15, -0.1) is 0 Å². The lowest BCUT2D eigenvalue weighted by atomic mass is 10.1. The maximum absolute atomic E-state index is 13.6. The Balaban J connectivity index is 1.25. The molecule has 0 radical (unpaired) electrons. The number of nitrogens with two attached hydrogens (primary N) is 2. The number of hydrogen-bond acceptors (Lipinski definition) is 13. The first-order valence-electron chi connectivity index (χ1n) is 20.3. The summed E-state index contributed by atoms with van der Waals surface area (Å²) in [6.45, 7) is 11.9. The number of nitrogens with one attached hydrogen (secondary N) is 2. The second-order valence-corrected chi connectivity index (χ2v) is 14.3. The molecule has 6 heterocycles. The van der Waals surface area contributed by atoms with Gasteiger partial charge in [-0.2, -0.15) is 10.2 Å². The van der Waals surface area contributed by atoms with Crippen molar-refractivity contribution in [1.29, 1.82) is 0 Å². The largest absolute Gasteiger partial charge is 0.489 e. The minimum absolute atomic E-state index is 0.179. The zero-order valence-corrected chi connectivity index (χ0v) is 35.3. The third-order valence-electron chi connectivity index (χ3n) is 10.00. The number of primary amides is 2. The van der Waals surface area contributed by atoms with Gasteiger partial charge in [0.25, 0.3) is 5.91 Å². The van der Waals surface area contributed by atoms with E-state index in [2.05, 4.69) is 30.8 Å². The lowest BCUT2D eigenvalue weighted by Crippen LogP contribution is -2.20. The van der Waals surface area contributed by atoms with Crippen molar-refractivity contribution in [3.63, 3.8) is 0 Å². The van der Waals surface area contributed by atoms with Gasteiger partial charge in [-0.25, -0.2) is 19.9 Å². The minimum Gasteiger partial charge on any atom is -0.489 e. The van der Waals surface area contributed by atoms with E-state index in [0.29, 0.717) is 89.0 Å². The van der Waals surface area contributed by atoms with Crippen molar-refractivity contribution < 1.29 is 28.6 Å². The van der Waals surface area contributed by atoms with Gasteiger partial charge < -0.3 is 35.6 Å². The van der Waals surface area contributed by atoms with Gasteiger partial charge in [0.05, 0.1) is 48.9 Å². The predicted octanol–water partition coefficient (Wildman–Crippen LogP) is 3.38. The van der Waals surface area contributed by atoms with Crippen LogP contribution in [0.3, 0.4) is 0 Å². The molecule has 62 heavy (non-hydrogen) atoms. The maximum Gasteiger partial charge on any atom is 0.276 e. The molecule has 7 rings (SSSR count). The Labute approximate surface area is 356 Å². The van der Waals surface area contributed by atoms with E-state index < -0.39 is 17.7 Å². The highest BCUT2D eigenvalue weighted by molar-refractivity contribution is 6.12. The molecule has 0 atom stereocenters. The number of aryl methyl sites for hydroxylation is 4. The van der Waals surface area contributed by atoms with Crippen LogP contribution in [-0.2, 0) is 35.7 Å². The molecular weight excluding hydrogens is 797 g/mol. The zero-order chi connectivity index (χ0) is 43.9. The number of ether oxygens (including phenoxy) is 3. The van der Waals surface area contributed by atoms with E-state index in [1.54, 1.807) is 33.6 Å². The molecule has 0 aliphatic rings. The average Bonchev–Trinajstić information content (AvgIpc) is 4.02. The molecular formula is C42H50N14O6. The van der Waals surface area contributed by atoms with Crippen LogP contribution in [0.2, 0.25) is 0 Å². The number of amides is 3. The van der Waals surface area contributed by atoms with Crippen molar-refractivity contribution in [3.05, 3.63) is 83.1 Å². The van der Waals surface area contributed by atoms with Crippen LogP contribution in [0.5, 0.6) is 5.75 Å². The van der Waals surface area contributed by atoms with E-state index in [1.165, 1.54) is 12.3 Å². The van der Waals surface area contributed by atoms with Crippen LogP contribution in [0.15, 0.2) is 54.9 Å². The Kier molecular flexibility index (Phi) is 13.3. The summed E-state index contributed by atoms with van der Waals surface area (Å²) in [5.41, 5.74) is 16.5. The highest BCUT2D eigenvalue weighted by Crippen LogP contribution is 2.36. The summed E-state index contributed by atoms with van der Waals surface area (Å²) >= 11 is 0. The number of nitrogens with zero attached hydrogens (tertiary/aromatic N) is 10. The Morgan fingerprint density at radius 1 is 0.742 bits per heavy atom. The fraction of sp³-hybridized carbons (Fsp3) is 0.357. The summed E-state index contributed by atoms with van der Waals surface area (Å²) in [5.74, 6) is -0.582. The highest BCUT2D eigenvalue weighted by atomic mass is 16.5. The SMILES string of the molecule is CCn1nc(C)cc1C(=O)Nc1nc2cc(C(N)=O)cnc2n1C/C=C/Cn1c2nc(-c3cc(C)nn3CC)ncc2c2cc(C(N)=O)cc(OCCOCCOCCNC)c21. The van der Waals surface area contributed by atoms with Crippen molar-refractivity contribution in [2.24, 2.45) is 11.5 Å². The van der Waals surface area contributed by atoms with Crippen LogP contribution >= 0.6 is 0 Å². The Bertz CT molecular complexity index is 2800. The van der Waals surface area contributed by atoms with Gasteiger partial charge in [0, 0.05) is 61.5 Å². The molecule has 7 aromatic rings. The molecule has 324 valence electrons. The monoisotopic (exact) mass is 846 g/mol. The van der Waals surface area contributed by atoms with Gasteiger partial charge in [-0.05, 0) is 65.1 Å². The number of hydrogen-bond donors (Lipinski definition) is 4. The Hall–Kier alpha value is -7.03. The van der Waals surface area contributed by atoms with Gasteiger partial charge in [-0.3, -0.25) is 33.6 Å². The number of allylic oxidation sites excluding steroid dienone is 2. The third-order valence-corrected chi connectivity index (χ3v) is 10.00. The fourth-order valence-corrected chi connectivity index (χ4v) is 7.10. The summed E-state index contributed by atoms with van der Waals surface area (Å²) in [6, 6.07) is 8.52. The topological polar surface area (TPSA) is 252 Å². The molecule has 0 bridgehead atoms. The van der Waals surface area contributed by atoms with Gasteiger partial charge in [0.15, 0.2) is 11.5 Å². The summed E-state index contributed by atoms with van der Waals surface area (Å²) in [6.07, 6.45) is 6.95. The zero-order valence-electron chi connectivity index (χ0n) is 35.3. The molecule has 0 saturated carbocycles. The van der Waals surface area contributed by atoms with Crippen LogP contribution in [-0.4, -0.2) is 113 Å². The number of fused-ring (bicyclic) bond motifs is 4. The molecule has 0 spiro atoms. The molecule has 6 N–H and O–H groups in total. The molecule has 0 unspecified atom stereocenters. The normalized spacial score (nSPS) is 11.8. The van der Waals surface area contributed by atoms with E-state index in [9.17, 15) is 14.4 Å². The first-order chi connectivity index (χ1) is 30.0. The van der Waals surface area contributed by atoms with E-state index in [0.717, 1.165) is 17.9 Å². The lowest BCUT2D eigenvalue weighted by Gasteiger charge is -2.13. The van der Waals surface area contributed by atoms with Crippen LogP contribution in [0.1, 0.15) is 56.4 Å². The smallest absolute Gasteiger partial charge is 0.276 e. The first kappa shape index (κ1) is 43.1. The number of benzene rings is 1. The predicted molar refractivity (Wildman–Crippen MR) is 232 cm³/mol. The number of aromatic nitrogens is 10. The van der Waals surface area contributed by atoms with Crippen LogP contribution < -0.4 is 26.8 Å². The van der Waals surface area contributed by atoms with Gasteiger partial charge >= 0.3 is 0 Å². The summed E-state index contributed by atoms with van der Waals surface area (Å²) in [5, 5.41) is 16.3. The van der Waals surface area contributed by atoms with E-state index in [-0.39, 0.29) is 43.4 Å². The number of imidazole rings is 1. The summed E-state index contributed by atoms with van der Waals surface area (Å²) in [7, 11) is 1.86. The Morgan fingerprint density at radius 2 is 1.44 bits per heavy atom.